The Labute approximate surface area is 192 Å². The molecule has 0 saturated heterocycles. The number of carboxylic acid groups (broad SMARTS) is 1. The Bertz CT molecular complexity index is 1370. The molecule has 33 heavy (non-hydrogen) atoms. The van der Waals surface area contributed by atoms with Crippen LogP contribution < -0.4 is 10.2 Å². The third-order valence-electron chi connectivity index (χ3n) is 6.89. The van der Waals surface area contributed by atoms with Gasteiger partial charge >= 0.3 is 5.97 Å². The average Bonchev–Trinajstić information content (AvgIpc) is 3.27. The molecule has 0 bridgehead atoms. The lowest BCUT2D eigenvalue weighted by Gasteiger charge is -2.39. The molecule has 0 spiro atoms. The van der Waals surface area contributed by atoms with E-state index in [9.17, 15) is 14.7 Å². The quantitative estimate of drug-likeness (QED) is 0.626. The fourth-order valence-electron chi connectivity index (χ4n) is 5.29. The molecular weight excluding hydrogens is 418 g/mol. The smallest absolute Gasteiger partial charge is 0.341 e. The summed E-state index contributed by atoms with van der Waals surface area (Å²) in [5, 5.41) is 13.9. The molecule has 2 aromatic heterocycles. The minimum atomic E-state index is -1.20. The summed E-state index contributed by atoms with van der Waals surface area (Å²) in [7, 11) is 1.90. The maximum Gasteiger partial charge on any atom is 0.341 e. The van der Waals surface area contributed by atoms with Crippen LogP contribution in [0, 0.1) is 5.41 Å². The van der Waals surface area contributed by atoms with Crippen molar-refractivity contribution in [1.82, 2.24) is 14.3 Å². The standard InChI is InChI=1S/C26H29N3O4/c1-25(2,3)22-10-14-15(20-11-21(30)18(24(31)32)13-29(20)22)9-16(19-7-8-27-28(19)6)23-17(14)12-26(4,5)33-23/h7-9,11,13,22H,10,12H2,1-6H3,(H,31,32)/t22-/m0/s1. The number of aromatic nitrogens is 3. The lowest BCUT2D eigenvalue weighted by atomic mass is 9.76. The third-order valence-corrected chi connectivity index (χ3v) is 6.89. The van der Waals surface area contributed by atoms with Crippen LogP contribution in [0.3, 0.4) is 0 Å². The second kappa shape index (κ2) is 6.83. The van der Waals surface area contributed by atoms with Crippen LogP contribution >= 0.6 is 0 Å². The highest BCUT2D eigenvalue weighted by molar-refractivity contribution is 5.88. The summed E-state index contributed by atoms with van der Waals surface area (Å²) in [4.78, 5) is 24.5. The monoisotopic (exact) mass is 447 g/mol. The Morgan fingerprint density at radius 1 is 1.18 bits per heavy atom. The minimum Gasteiger partial charge on any atom is -0.487 e. The van der Waals surface area contributed by atoms with Crippen molar-refractivity contribution < 1.29 is 14.6 Å². The van der Waals surface area contributed by atoms with E-state index < -0.39 is 11.4 Å². The number of hydrogen-bond acceptors (Lipinski definition) is 4. The van der Waals surface area contributed by atoms with E-state index in [1.807, 2.05) is 22.4 Å². The average molecular weight is 448 g/mol. The highest BCUT2D eigenvalue weighted by Gasteiger charge is 2.40. The number of benzene rings is 1. The first-order valence-corrected chi connectivity index (χ1v) is 11.2. The molecule has 5 rings (SSSR count). The lowest BCUT2D eigenvalue weighted by Crippen LogP contribution is -2.33. The van der Waals surface area contributed by atoms with Gasteiger partial charge in [0.1, 0.15) is 16.9 Å². The van der Waals surface area contributed by atoms with Gasteiger partial charge in [-0.05, 0) is 43.4 Å². The molecule has 0 radical (unpaired) electrons. The van der Waals surface area contributed by atoms with Crippen LogP contribution in [0.1, 0.15) is 62.1 Å². The van der Waals surface area contributed by atoms with Gasteiger partial charge in [0.2, 0.25) is 0 Å². The second-order valence-corrected chi connectivity index (χ2v) is 10.9. The molecule has 4 heterocycles. The number of aryl methyl sites for hydroxylation is 1. The fourth-order valence-corrected chi connectivity index (χ4v) is 5.29. The first kappa shape index (κ1) is 21.5. The van der Waals surface area contributed by atoms with Crippen molar-refractivity contribution in [2.45, 2.75) is 59.1 Å². The van der Waals surface area contributed by atoms with Gasteiger partial charge < -0.3 is 14.4 Å². The summed E-state index contributed by atoms with van der Waals surface area (Å²) in [6.45, 7) is 10.6. The molecule has 0 fully saturated rings. The largest absolute Gasteiger partial charge is 0.487 e. The predicted molar refractivity (Wildman–Crippen MR) is 126 cm³/mol. The molecule has 0 saturated carbocycles. The Hall–Kier alpha value is -3.35. The summed E-state index contributed by atoms with van der Waals surface area (Å²) in [5.41, 5.74) is 4.76. The van der Waals surface area contributed by atoms with Gasteiger partial charge in [-0.2, -0.15) is 5.10 Å². The number of aromatic carboxylic acids is 1. The summed E-state index contributed by atoms with van der Waals surface area (Å²) in [6.07, 6.45) is 4.79. The van der Waals surface area contributed by atoms with Crippen LogP contribution in [-0.4, -0.2) is 31.0 Å². The molecular formula is C26H29N3O4. The third kappa shape index (κ3) is 3.29. The molecule has 2 aliphatic rings. The number of ether oxygens (including phenoxy) is 1. The molecule has 2 aliphatic heterocycles. The summed E-state index contributed by atoms with van der Waals surface area (Å²) < 4.78 is 10.3. The minimum absolute atomic E-state index is 0.00550. The van der Waals surface area contributed by atoms with Gasteiger partial charge in [-0.25, -0.2) is 4.79 Å². The number of fused-ring (bicyclic) bond motifs is 5. The summed E-state index contributed by atoms with van der Waals surface area (Å²) in [5.74, 6) is -0.318. The predicted octanol–water partition coefficient (Wildman–Crippen LogP) is 4.47. The van der Waals surface area contributed by atoms with Gasteiger partial charge in [0.15, 0.2) is 5.43 Å². The van der Waals surface area contributed by atoms with Crippen molar-refractivity contribution in [3.63, 3.8) is 0 Å². The zero-order valence-electron chi connectivity index (χ0n) is 19.9. The molecule has 3 aromatic rings. The first-order chi connectivity index (χ1) is 15.4. The van der Waals surface area contributed by atoms with Gasteiger partial charge in [0.25, 0.3) is 0 Å². The van der Waals surface area contributed by atoms with Gasteiger partial charge in [-0.1, -0.05) is 20.8 Å². The van der Waals surface area contributed by atoms with E-state index in [0.29, 0.717) is 0 Å². The molecule has 1 atom stereocenters. The van der Waals surface area contributed by atoms with Crippen LogP contribution in [0.2, 0.25) is 0 Å². The van der Waals surface area contributed by atoms with Gasteiger partial charge in [0, 0.05) is 54.7 Å². The Balaban J connectivity index is 1.86. The molecule has 0 aliphatic carbocycles. The highest BCUT2D eigenvalue weighted by atomic mass is 16.5. The second-order valence-electron chi connectivity index (χ2n) is 10.9. The van der Waals surface area contributed by atoms with E-state index in [2.05, 4.69) is 45.8 Å². The van der Waals surface area contributed by atoms with Crippen molar-refractivity contribution in [2.24, 2.45) is 12.5 Å². The zero-order valence-corrected chi connectivity index (χ0v) is 19.9. The van der Waals surface area contributed by atoms with Gasteiger partial charge in [-0.15, -0.1) is 0 Å². The summed E-state index contributed by atoms with van der Waals surface area (Å²) in [6, 6.07) is 5.52. The molecule has 0 amide bonds. The van der Waals surface area contributed by atoms with Crippen LogP contribution in [0.15, 0.2) is 35.4 Å². The maximum atomic E-state index is 12.8. The number of carboxylic acids is 1. The molecule has 7 nitrogen and oxygen atoms in total. The molecule has 0 unspecified atom stereocenters. The number of nitrogens with zero attached hydrogens (tertiary/aromatic N) is 3. The van der Waals surface area contributed by atoms with Crippen molar-refractivity contribution >= 4 is 5.97 Å². The molecule has 1 aromatic carbocycles. The fraction of sp³-hybridized carbons (Fsp3) is 0.423. The van der Waals surface area contributed by atoms with Crippen molar-refractivity contribution in [3.8, 4) is 28.3 Å². The normalized spacial score (nSPS) is 18.3. The van der Waals surface area contributed by atoms with Crippen molar-refractivity contribution in [3.05, 3.63) is 57.5 Å². The number of carbonyl (C=O) groups is 1. The van der Waals surface area contributed by atoms with Crippen molar-refractivity contribution in [2.75, 3.05) is 0 Å². The van der Waals surface area contributed by atoms with E-state index in [-0.39, 0.29) is 22.6 Å². The first-order valence-electron chi connectivity index (χ1n) is 11.2. The molecule has 1 N–H and O–H groups in total. The zero-order chi connectivity index (χ0) is 23.9. The van der Waals surface area contributed by atoms with Crippen LogP contribution in [0.25, 0.3) is 22.5 Å². The Kier molecular flexibility index (Phi) is 4.45. The van der Waals surface area contributed by atoms with E-state index in [1.54, 1.807) is 6.20 Å². The van der Waals surface area contributed by atoms with E-state index in [0.717, 1.165) is 41.1 Å². The van der Waals surface area contributed by atoms with E-state index >= 15 is 0 Å². The number of rotatable bonds is 2. The Morgan fingerprint density at radius 2 is 1.91 bits per heavy atom. The highest BCUT2D eigenvalue weighted by Crippen LogP contribution is 2.51. The SMILES string of the molecule is Cn1nccc1-c1cc2c(c3c1OC(C)(C)C3)C[C@@H](C(C)(C)C)n1cc(C(=O)O)c(=O)cc1-2. The van der Waals surface area contributed by atoms with Crippen LogP contribution in [0.4, 0.5) is 0 Å². The van der Waals surface area contributed by atoms with E-state index in [4.69, 9.17) is 4.74 Å². The maximum absolute atomic E-state index is 12.8. The van der Waals surface area contributed by atoms with Gasteiger partial charge in [0.05, 0.1) is 11.4 Å². The number of pyridine rings is 1. The topological polar surface area (TPSA) is 86.3 Å². The Morgan fingerprint density at radius 3 is 2.52 bits per heavy atom. The van der Waals surface area contributed by atoms with Crippen LogP contribution in [-0.2, 0) is 19.9 Å². The summed E-state index contributed by atoms with van der Waals surface area (Å²) >= 11 is 0. The van der Waals surface area contributed by atoms with E-state index in [1.165, 1.54) is 23.4 Å². The molecule has 172 valence electrons. The van der Waals surface area contributed by atoms with Crippen molar-refractivity contribution in [1.29, 1.82) is 0 Å². The lowest BCUT2D eigenvalue weighted by molar-refractivity contribution is 0.0693. The van der Waals surface area contributed by atoms with Crippen LogP contribution in [0.5, 0.6) is 5.75 Å². The van der Waals surface area contributed by atoms with Gasteiger partial charge in [-0.3, -0.25) is 9.48 Å². The number of hydrogen-bond donors (Lipinski definition) is 1. The molecule has 7 heteroatoms.